The van der Waals surface area contributed by atoms with E-state index in [1.165, 1.54) is 13.2 Å². The number of rotatable bonds is 5. The van der Waals surface area contributed by atoms with Gasteiger partial charge in [-0.3, -0.25) is 0 Å². The van der Waals surface area contributed by atoms with Gasteiger partial charge in [-0.15, -0.1) is 0 Å². The lowest BCUT2D eigenvalue weighted by atomic mass is 10.2. The zero-order valence-corrected chi connectivity index (χ0v) is 12.0. The molecule has 0 amide bonds. The van der Waals surface area contributed by atoms with Crippen LogP contribution in [-0.4, -0.2) is 34.2 Å². The largest absolute Gasteiger partial charge is 0.457 e. The van der Waals surface area contributed by atoms with Gasteiger partial charge in [0, 0.05) is 12.1 Å². The predicted molar refractivity (Wildman–Crippen MR) is 69.6 cm³/mol. The maximum atomic E-state index is 11.8. The Labute approximate surface area is 116 Å². The molecule has 0 aromatic heterocycles. The summed E-state index contributed by atoms with van der Waals surface area (Å²) in [6.45, 7) is 1.88. The van der Waals surface area contributed by atoms with E-state index >= 15 is 0 Å². The van der Waals surface area contributed by atoms with Crippen molar-refractivity contribution in [1.82, 2.24) is 0 Å². The minimum Gasteiger partial charge on any atom is -0.457 e. The van der Waals surface area contributed by atoms with Crippen LogP contribution in [0.4, 0.5) is 0 Å². The van der Waals surface area contributed by atoms with Crippen LogP contribution in [0.2, 0.25) is 5.02 Å². The third-order valence-electron chi connectivity index (χ3n) is 2.15. The minimum atomic E-state index is -3.94. The highest BCUT2D eigenvalue weighted by Gasteiger charge is 2.17. The van der Waals surface area contributed by atoms with Crippen LogP contribution in [0.15, 0.2) is 23.1 Å². The molecule has 0 aliphatic carbocycles. The number of esters is 1. The van der Waals surface area contributed by atoms with E-state index in [9.17, 15) is 13.2 Å². The molecule has 0 heterocycles. The van der Waals surface area contributed by atoms with Crippen LogP contribution in [0.25, 0.3) is 0 Å². The summed E-state index contributed by atoms with van der Waals surface area (Å²) in [7, 11) is -2.46. The molecule has 0 aliphatic rings. The number of carbonyl (C=O) groups is 1. The molecule has 106 valence electrons. The van der Waals surface area contributed by atoms with Crippen molar-refractivity contribution in [2.75, 3.05) is 13.7 Å². The number of hydrogen-bond acceptors (Lipinski definition) is 5. The summed E-state index contributed by atoms with van der Waals surface area (Å²) in [5, 5.41) is 5.07. The first-order valence-electron chi connectivity index (χ1n) is 5.27. The molecular weight excluding hydrogens is 294 g/mol. The first kappa shape index (κ1) is 15.9. The lowest BCUT2D eigenvalue weighted by molar-refractivity contribution is 0.0120. The van der Waals surface area contributed by atoms with E-state index in [0.717, 1.165) is 12.1 Å². The second kappa shape index (κ2) is 6.33. The van der Waals surface area contributed by atoms with Crippen molar-refractivity contribution in [3.05, 3.63) is 28.8 Å². The van der Waals surface area contributed by atoms with Crippen LogP contribution in [0.5, 0.6) is 0 Å². The molecule has 1 atom stereocenters. The molecule has 0 bridgehead atoms. The molecule has 2 N–H and O–H groups in total. The van der Waals surface area contributed by atoms with Gasteiger partial charge in [0.15, 0.2) is 0 Å². The number of benzene rings is 1. The van der Waals surface area contributed by atoms with Gasteiger partial charge in [0.25, 0.3) is 0 Å². The van der Waals surface area contributed by atoms with Gasteiger partial charge in [-0.1, -0.05) is 11.6 Å². The number of methoxy groups -OCH3 is 1. The molecule has 1 aromatic carbocycles. The summed E-state index contributed by atoms with van der Waals surface area (Å²) in [6, 6.07) is 3.58. The predicted octanol–water partition coefficient (Wildman–Crippen LogP) is 1.18. The molecule has 1 unspecified atom stereocenters. The van der Waals surface area contributed by atoms with Crippen LogP contribution in [0.3, 0.4) is 0 Å². The summed E-state index contributed by atoms with van der Waals surface area (Å²) < 4.78 is 32.3. The van der Waals surface area contributed by atoms with E-state index in [1.54, 1.807) is 6.92 Å². The van der Waals surface area contributed by atoms with Crippen molar-refractivity contribution in [2.24, 2.45) is 5.14 Å². The lowest BCUT2D eigenvalue weighted by Crippen LogP contribution is -2.20. The number of sulfonamides is 1. The van der Waals surface area contributed by atoms with Gasteiger partial charge in [-0.25, -0.2) is 18.4 Å². The summed E-state index contributed by atoms with van der Waals surface area (Å²) in [5.74, 6) is -0.697. The normalized spacial score (nSPS) is 13.1. The molecule has 0 spiro atoms. The first-order valence-corrected chi connectivity index (χ1v) is 7.19. The van der Waals surface area contributed by atoms with Gasteiger partial charge in [-0.2, -0.15) is 0 Å². The van der Waals surface area contributed by atoms with Crippen molar-refractivity contribution < 1.29 is 22.7 Å². The van der Waals surface area contributed by atoms with Crippen LogP contribution in [-0.2, 0) is 19.5 Å². The van der Waals surface area contributed by atoms with E-state index in [-0.39, 0.29) is 22.1 Å². The van der Waals surface area contributed by atoms with Crippen LogP contribution in [0.1, 0.15) is 17.3 Å². The van der Waals surface area contributed by atoms with E-state index in [1.807, 2.05) is 0 Å². The van der Waals surface area contributed by atoms with E-state index < -0.39 is 22.1 Å². The third-order valence-corrected chi connectivity index (χ3v) is 3.26. The van der Waals surface area contributed by atoms with Crippen molar-refractivity contribution in [3.8, 4) is 0 Å². The van der Waals surface area contributed by atoms with Crippen LogP contribution < -0.4 is 5.14 Å². The van der Waals surface area contributed by atoms with Gasteiger partial charge in [0.2, 0.25) is 10.0 Å². The SMILES string of the molecule is COCC(C)OC(=O)c1cc(Cl)cc(S(N)(=O)=O)c1. The van der Waals surface area contributed by atoms with Gasteiger partial charge in [-0.05, 0) is 25.1 Å². The van der Waals surface area contributed by atoms with Crippen molar-refractivity contribution in [2.45, 2.75) is 17.9 Å². The average molecular weight is 308 g/mol. The molecule has 19 heavy (non-hydrogen) atoms. The first-order chi connectivity index (χ1) is 8.74. The Morgan fingerprint density at radius 2 is 2.05 bits per heavy atom. The number of nitrogens with two attached hydrogens (primary N) is 1. The molecule has 0 radical (unpaired) electrons. The van der Waals surface area contributed by atoms with E-state index in [2.05, 4.69) is 0 Å². The molecule has 6 nitrogen and oxygen atoms in total. The number of ether oxygens (including phenoxy) is 2. The Bertz CT molecular complexity index is 572. The second-order valence-electron chi connectivity index (χ2n) is 3.89. The molecule has 0 aliphatic heterocycles. The van der Waals surface area contributed by atoms with Crippen LogP contribution >= 0.6 is 11.6 Å². The zero-order chi connectivity index (χ0) is 14.6. The number of halogens is 1. The molecule has 1 rings (SSSR count). The Morgan fingerprint density at radius 1 is 1.42 bits per heavy atom. The van der Waals surface area contributed by atoms with Crippen LogP contribution in [0, 0.1) is 0 Å². The second-order valence-corrected chi connectivity index (χ2v) is 5.89. The highest BCUT2D eigenvalue weighted by atomic mass is 35.5. The third kappa shape index (κ3) is 4.79. The monoisotopic (exact) mass is 307 g/mol. The number of carbonyl (C=O) groups excluding carboxylic acids is 1. The van der Waals surface area contributed by atoms with E-state index in [4.69, 9.17) is 26.2 Å². The molecular formula is C11H14ClNO5S. The molecule has 1 aromatic rings. The topological polar surface area (TPSA) is 95.7 Å². The summed E-state index contributed by atoms with van der Waals surface area (Å²) >= 11 is 5.75. The Hall–Kier alpha value is -1.15. The number of hydrogen-bond donors (Lipinski definition) is 1. The standard InChI is InChI=1S/C11H14ClNO5S/c1-7(6-17-2)18-11(14)8-3-9(12)5-10(4-8)19(13,15)16/h3-5,7H,6H2,1-2H3,(H2,13,15,16). The van der Waals surface area contributed by atoms with Crippen molar-refractivity contribution in [1.29, 1.82) is 0 Å². The minimum absolute atomic E-state index is 0.0134. The van der Waals surface area contributed by atoms with Crippen molar-refractivity contribution in [3.63, 3.8) is 0 Å². The fourth-order valence-electron chi connectivity index (χ4n) is 1.36. The maximum Gasteiger partial charge on any atom is 0.338 e. The Morgan fingerprint density at radius 3 is 2.58 bits per heavy atom. The zero-order valence-electron chi connectivity index (χ0n) is 10.4. The van der Waals surface area contributed by atoms with Gasteiger partial charge >= 0.3 is 5.97 Å². The fourth-order valence-corrected chi connectivity index (χ4v) is 2.25. The summed E-state index contributed by atoms with van der Waals surface area (Å²) in [6.07, 6.45) is -0.464. The highest BCUT2D eigenvalue weighted by Crippen LogP contribution is 2.19. The molecule has 0 fully saturated rings. The van der Waals surface area contributed by atoms with Gasteiger partial charge < -0.3 is 9.47 Å². The smallest absolute Gasteiger partial charge is 0.338 e. The van der Waals surface area contributed by atoms with Crippen molar-refractivity contribution >= 4 is 27.6 Å². The van der Waals surface area contributed by atoms with Gasteiger partial charge in [0.05, 0.1) is 17.1 Å². The average Bonchev–Trinajstić information content (AvgIpc) is 2.27. The molecule has 8 heteroatoms. The highest BCUT2D eigenvalue weighted by molar-refractivity contribution is 7.89. The number of primary sulfonamides is 1. The quantitative estimate of drug-likeness (QED) is 0.824. The van der Waals surface area contributed by atoms with E-state index in [0.29, 0.717) is 0 Å². The summed E-state index contributed by atoms with van der Waals surface area (Å²) in [4.78, 5) is 11.5. The Kier molecular flexibility index (Phi) is 5.30. The van der Waals surface area contributed by atoms with Gasteiger partial charge in [0.1, 0.15) is 6.10 Å². The maximum absolute atomic E-state index is 11.8. The fraction of sp³-hybridized carbons (Fsp3) is 0.364. The Balaban J connectivity index is 3.01. The molecule has 0 saturated heterocycles. The summed E-state index contributed by atoms with van der Waals surface area (Å²) in [5.41, 5.74) is 0.0134. The molecule has 0 saturated carbocycles. The lowest BCUT2D eigenvalue weighted by Gasteiger charge is -2.12.